The third-order valence-corrected chi connectivity index (χ3v) is 7.75. The molecular formula is C32H38N2OS. The Hall–Kier alpha value is -3.11. The van der Waals surface area contributed by atoms with E-state index in [4.69, 9.17) is 9.72 Å². The van der Waals surface area contributed by atoms with Crippen LogP contribution in [0.25, 0.3) is 11.3 Å². The molecule has 0 fully saturated rings. The van der Waals surface area contributed by atoms with Crippen molar-refractivity contribution in [2.75, 3.05) is 12.4 Å². The molecule has 0 aliphatic carbocycles. The van der Waals surface area contributed by atoms with Crippen molar-refractivity contribution < 1.29 is 4.74 Å². The molecule has 4 aromatic rings. The number of anilines is 1. The van der Waals surface area contributed by atoms with Gasteiger partial charge in [0.1, 0.15) is 16.8 Å². The molecule has 1 unspecified atom stereocenters. The molecule has 0 amide bonds. The Morgan fingerprint density at radius 3 is 2.03 bits per heavy atom. The van der Waals surface area contributed by atoms with Gasteiger partial charge in [0.15, 0.2) is 0 Å². The van der Waals surface area contributed by atoms with Gasteiger partial charge in [0.2, 0.25) is 0 Å². The van der Waals surface area contributed by atoms with Crippen LogP contribution in [-0.4, -0.2) is 12.1 Å². The Balaban J connectivity index is 1.90. The molecule has 4 rings (SSSR count). The smallest absolute Gasteiger partial charge is 0.128 e. The summed E-state index contributed by atoms with van der Waals surface area (Å²) in [4.78, 5) is 5.19. The highest BCUT2D eigenvalue weighted by molar-refractivity contribution is 7.10. The van der Waals surface area contributed by atoms with E-state index in [1.54, 1.807) is 18.4 Å². The van der Waals surface area contributed by atoms with E-state index in [0.717, 1.165) is 22.0 Å². The van der Waals surface area contributed by atoms with Gasteiger partial charge in [0, 0.05) is 16.6 Å². The fourth-order valence-corrected chi connectivity index (χ4v) is 6.04. The van der Waals surface area contributed by atoms with Gasteiger partial charge in [-0.25, -0.2) is 4.98 Å². The summed E-state index contributed by atoms with van der Waals surface area (Å²) in [7, 11) is 1.71. The highest BCUT2D eigenvalue weighted by Crippen LogP contribution is 2.40. The average molecular weight is 499 g/mol. The maximum Gasteiger partial charge on any atom is 0.128 e. The lowest BCUT2D eigenvalue weighted by Gasteiger charge is -2.28. The summed E-state index contributed by atoms with van der Waals surface area (Å²) in [5.41, 5.74) is 11.0. The number of hydrogen-bond donors (Lipinski definition) is 1. The third kappa shape index (κ3) is 5.19. The second kappa shape index (κ2) is 10.9. The zero-order chi connectivity index (χ0) is 26.0. The summed E-state index contributed by atoms with van der Waals surface area (Å²) in [6, 6.07) is 19.3. The fourth-order valence-electron chi connectivity index (χ4n) is 5.17. The minimum Gasteiger partial charge on any atom is -0.496 e. The molecule has 0 aliphatic heterocycles. The van der Waals surface area contributed by atoms with Crippen molar-refractivity contribution >= 4 is 17.0 Å². The molecule has 1 heterocycles. The molecule has 0 bridgehead atoms. The number of methoxy groups -OCH3 is 1. The van der Waals surface area contributed by atoms with Crippen LogP contribution in [0.1, 0.15) is 84.0 Å². The van der Waals surface area contributed by atoms with E-state index < -0.39 is 0 Å². The first-order valence-corrected chi connectivity index (χ1v) is 13.6. The van der Waals surface area contributed by atoms with Crippen molar-refractivity contribution in [2.24, 2.45) is 0 Å². The molecule has 3 aromatic carbocycles. The Morgan fingerprint density at radius 2 is 1.44 bits per heavy atom. The van der Waals surface area contributed by atoms with E-state index >= 15 is 0 Å². The topological polar surface area (TPSA) is 34.1 Å². The lowest BCUT2D eigenvalue weighted by atomic mass is 9.90. The summed E-state index contributed by atoms with van der Waals surface area (Å²) >= 11 is 1.71. The van der Waals surface area contributed by atoms with Gasteiger partial charge in [0.25, 0.3) is 0 Å². The van der Waals surface area contributed by atoms with Crippen molar-refractivity contribution in [1.82, 2.24) is 4.98 Å². The molecular weight excluding hydrogens is 460 g/mol. The van der Waals surface area contributed by atoms with Crippen LogP contribution in [0.2, 0.25) is 0 Å². The highest BCUT2D eigenvalue weighted by Gasteiger charge is 2.26. The molecule has 188 valence electrons. The first-order chi connectivity index (χ1) is 17.2. The largest absolute Gasteiger partial charge is 0.496 e. The zero-order valence-electron chi connectivity index (χ0n) is 22.8. The van der Waals surface area contributed by atoms with Crippen LogP contribution in [0, 0.1) is 20.8 Å². The second-order valence-electron chi connectivity index (χ2n) is 10.3. The number of nitrogens with zero attached hydrogens (tertiary/aromatic N) is 1. The SMILES string of the molecule is COc1ccccc1-c1csc(C(Nc2c(C(C)C)cccc2C(C)C)c2c(C)cc(C)cc2C)n1. The van der Waals surface area contributed by atoms with Gasteiger partial charge in [-0.2, -0.15) is 0 Å². The predicted octanol–water partition coefficient (Wildman–Crippen LogP) is 9.19. The Morgan fingerprint density at radius 1 is 0.833 bits per heavy atom. The minimum atomic E-state index is -0.0588. The number of nitrogens with one attached hydrogen (secondary N) is 1. The van der Waals surface area contributed by atoms with Crippen LogP contribution in [0.15, 0.2) is 60.0 Å². The van der Waals surface area contributed by atoms with Crippen LogP contribution < -0.4 is 10.1 Å². The van der Waals surface area contributed by atoms with Crippen LogP contribution in [0.3, 0.4) is 0 Å². The van der Waals surface area contributed by atoms with Crippen molar-refractivity contribution in [3.8, 4) is 17.0 Å². The number of ether oxygens (including phenoxy) is 1. The van der Waals surface area contributed by atoms with Crippen molar-refractivity contribution in [1.29, 1.82) is 0 Å². The van der Waals surface area contributed by atoms with E-state index in [1.807, 2.05) is 18.2 Å². The van der Waals surface area contributed by atoms with E-state index in [0.29, 0.717) is 11.8 Å². The van der Waals surface area contributed by atoms with Crippen molar-refractivity contribution in [2.45, 2.75) is 66.3 Å². The van der Waals surface area contributed by atoms with Gasteiger partial charge in [-0.05, 0) is 72.6 Å². The molecule has 0 saturated heterocycles. The Bertz CT molecular complexity index is 1300. The number of aromatic nitrogens is 1. The van der Waals surface area contributed by atoms with Gasteiger partial charge in [-0.1, -0.05) is 75.7 Å². The molecule has 1 aromatic heterocycles. The van der Waals surface area contributed by atoms with Crippen molar-refractivity contribution in [3.63, 3.8) is 0 Å². The molecule has 1 N–H and O–H groups in total. The standard InChI is InChI=1S/C32H38N2OS/c1-19(2)24-13-11-14-25(20(3)4)30(24)34-31(29-22(6)16-21(5)17-23(29)7)32-33-27(18-36-32)26-12-9-10-15-28(26)35-8/h9-20,31,34H,1-8H3. The first kappa shape index (κ1) is 26.0. The van der Waals surface area contributed by atoms with E-state index in [2.05, 4.69) is 95.6 Å². The van der Waals surface area contributed by atoms with E-state index in [1.165, 1.54) is 39.1 Å². The molecule has 36 heavy (non-hydrogen) atoms. The molecule has 4 heteroatoms. The normalized spacial score (nSPS) is 12.3. The van der Waals surface area contributed by atoms with E-state index in [9.17, 15) is 0 Å². The third-order valence-electron chi connectivity index (χ3n) is 6.84. The highest BCUT2D eigenvalue weighted by atomic mass is 32.1. The molecule has 0 radical (unpaired) electrons. The number of benzene rings is 3. The lowest BCUT2D eigenvalue weighted by molar-refractivity contribution is 0.416. The van der Waals surface area contributed by atoms with Gasteiger partial charge in [-0.15, -0.1) is 11.3 Å². The Kier molecular flexibility index (Phi) is 7.85. The number of thiazole rings is 1. The van der Waals surface area contributed by atoms with Gasteiger partial charge in [-0.3, -0.25) is 0 Å². The first-order valence-electron chi connectivity index (χ1n) is 12.8. The van der Waals surface area contributed by atoms with E-state index in [-0.39, 0.29) is 6.04 Å². The van der Waals surface area contributed by atoms with Crippen molar-refractivity contribution in [3.05, 3.63) is 98.4 Å². The molecule has 3 nitrogen and oxygen atoms in total. The number of para-hydroxylation sites is 2. The quantitative estimate of drug-likeness (QED) is 0.263. The van der Waals surface area contributed by atoms with Crippen LogP contribution in [0.4, 0.5) is 5.69 Å². The van der Waals surface area contributed by atoms with Crippen LogP contribution in [0.5, 0.6) is 5.75 Å². The summed E-state index contributed by atoms with van der Waals surface area (Å²) in [5.74, 6) is 1.66. The summed E-state index contributed by atoms with van der Waals surface area (Å²) < 4.78 is 5.63. The van der Waals surface area contributed by atoms with Gasteiger partial charge < -0.3 is 10.1 Å². The second-order valence-corrected chi connectivity index (χ2v) is 11.2. The number of aryl methyl sites for hydroxylation is 3. The lowest BCUT2D eigenvalue weighted by Crippen LogP contribution is -2.18. The summed E-state index contributed by atoms with van der Waals surface area (Å²) in [6.45, 7) is 15.7. The van der Waals surface area contributed by atoms with Crippen LogP contribution >= 0.6 is 11.3 Å². The average Bonchev–Trinajstić information content (AvgIpc) is 3.32. The minimum absolute atomic E-state index is 0.0588. The van der Waals surface area contributed by atoms with Gasteiger partial charge in [0.05, 0.1) is 12.8 Å². The number of rotatable bonds is 8. The molecule has 0 aliphatic rings. The predicted molar refractivity (Wildman–Crippen MR) is 155 cm³/mol. The monoisotopic (exact) mass is 498 g/mol. The maximum absolute atomic E-state index is 5.63. The van der Waals surface area contributed by atoms with Gasteiger partial charge >= 0.3 is 0 Å². The summed E-state index contributed by atoms with van der Waals surface area (Å²) in [6.07, 6.45) is 0. The summed E-state index contributed by atoms with van der Waals surface area (Å²) in [5, 5.41) is 7.23. The maximum atomic E-state index is 5.63. The molecule has 0 spiro atoms. The van der Waals surface area contributed by atoms with Crippen LogP contribution in [-0.2, 0) is 0 Å². The number of hydrogen-bond acceptors (Lipinski definition) is 4. The Labute approximate surface area is 220 Å². The molecule has 0 saturated carbocycles. The zero-order valence-corrected chi connectivity index (χ0v) is 23.6. The fraction of sp³-hybridized carbons (Fsp3) is 0.344. The molecule has 1 atom stereocenters.